The molecule has 0 unspecified atom stereocenters. The zero-order valence-electron chi connectivity index (χ0n) is 8.13. The summed E-state index contributed by atoms with van der Waals surface area (Å²) in [5, 5.41) is 0.902. The van der Waals surface area contributed by atoms with Crippen LogP contribution in [-0.4, -0.2) is 4.98 Å². The largest absolute Gasteiger partial charge is 0.394 e. The number of aromatic amines is 1. The van der Waals surface area contributed by atoms with Crippen LogP contribution in [0, 0.1) is 0 Å². The average molecular weight is 255 g/mol. The zero-order valence-corrected chi connectivity index (χ0v) is 9.64. The van der Waals surface area contributed by atoms with E-state index < -0.39 is 0 Å². The number of rotatable bonds is 1. The molecule has 82 valence electrons. The molecule has 3 nitrogen and oxygen atoms in total. The lowest BCUT2D eigenvalue weighted by Gasteiger charge is -2.06. The third kappa shape index (κ3) is 1.92. The first-order valence-corrected chi connectivity index (χ1v) is 5.28. The molecule has 0 saturated heterocycles. The summed E-state index contributed by atoms with van der Waals surface area (Å²) >= 11 is 12.0. The number of hydrogen-bond acceptors (Lipinski definition) is 2. The number of H-pyrrole nitrogens is 1. The van der Waals surface area contributed by atoms with Crippen molar-refractivity contribution in [2.24, 2.45) is 0 Å². The van der Waals surface area contributed by atoms with E-state index in [1.807, 2.05) is 0 Å². The van der Waals surface area contributed by atoms with Gasteiger partial charge < -0.3 is 10.7 Å². The third-order valence-corrected chi connectivity index (χ3v) is 3.01. The molecule has 0 aliphatic carbocycles. The maximum Gasteiger partial charge on any atom is 0.271 e. The normalized spacial score (nSPS) is 10.4. The van der Waals surface area contributed by atoms with Gasteiger partial charge in [-0.3, -0.25) is 4.79 Å². The molecule has 16 heavy (non-hydrogen) atoms. The van der Waals surface area contributed by atoms with E-state index in [0.717, 1.165) is 11.1 Å². The number of halogens is 2. The summed E-state index contributed by atoms with van der Waals surface area (Å²) in [4.78, 5) is 13.6. The number of nitrogens with one attached hydrogen (secondary N) is 1. The zero-order chi connectivity index (χ0) is 11.7. The molecule has 1 aromatic carbocycles. The second kappa shape index (κ2) is 4.20. The van der Waals surface area contributed by atoms with Crippen LogP contribution in [0.15, 0.2) is 35.3 Å². The summed E-state index contributed by atoms with van der Waals surface area (Å²) in [6.07, 6.45) is 1.55. The van der Waals surface area contributed by atoms with E-state index in [1.54, 1.807) is 30.5 Å². The molecular formula is C11H8Cl2N2O. The van der Waals surface area contributed by atoms with Crippen molar-refractivity contribution in [3.8, 4) is 11.1 Å². The predicted molar refractivity (Wildman–Crippen MR) is 66.9 cm³/mol. The molecule has 0 aliphatic heterocycles. The van der Waals surface area contributed by atoms with Crippen LogP contribution in [0.4, 0.5) is 5.69 Å². The summed E-state index contributed by atoms with van der Waals surface area (Å²) < 4.78 is 0. The summed E-state index contributed by atoms with van der Waals surface area (Å²) in [6, 6.07) is 6.85. The smallest absolute Gasteiger partial charge is 0.271 e. The van der Waals surface area contributed by atoms with E-state index in [2.05, 4.69) is 4.98 Å². The van der Waals surface area contributed by atoms with Gasteiger partial charge in [0.25, 0.3) is 5.56 Å². The second-order valence-corrected chi connectivity index (χ2v) is 4.06. The van der Waals surface area contributed by atoms with Crippen LogP contribution in [0.25, 0.3) is 11.1 Å². The first-order valence-electron chi connectivity index (χ1n) is 4.52. The van der Waals surface area contributed by atoms with Gasteiger partial charge in [0.05, 0.1) is 15.7 Å². The van der Waals surface area contributed by atoms with Crippen LogP contribution in [0.3, 0.4) is 0 Å². The van der Waals surface area contributed by atoms with Crippen molar-refractivity contribution < 1.29 is 0 Å². The molecule has 0 spiro atoms. The SMILES string of the molecule is Nc1cc(-c2cccc(Cl)c2Cl)c[nH]c1=O. The Bertz CT molecular complexity index is 593. The van der Waals surface area contributed by atoms with Crippen LogP contribution >= 0.6 is 23.2 Å². The molecule has 2 aromatic rings. The Hall–Kier alpha value is -1.45. The van der Waals surface area contributed by atoms with Gasteiger partial charge in [0.2, 0.25) is 0 Å². The Morgan fingerprint density at radius 1 is 1.25 bits per heavy atom. The van der Waals surface area contributed by atoms with Gasteiger partial charge in [0.15, 0.2) is 0 Å². The van der Waals surface area contributed by atoms with Crippen LogP contribution in [-0.2, 0) is 0 Å². The fourth-order valence-electron chi connectivity index (χ4n) is 1.38. The summed E-state index contributed by atoms with van der Waals surface area (Å²) in [5.41, 5.74) is 6.82. The minimum atomic E-state index is -0.318. The van der Waals surface area contributed by atoms with Gasteiger partial charge in [-0.15, -0.1) is 0 Å². The molecule has 0 bridgehead atoms. The fraction of sp³-hybridized carbons (Fsp3) is 0. The lowest BCUT2D eigenvalue weighted by molar-refractivity contribution is 1.25. The average Bonchev–Trinajstić information content (AvgIpc) is 2.26. The molecule has 1 heterocycles. The molecule has 1 aromatic heterocycles. The van der Waals surface area contributed by atoms with Crippen molar-refractivity contribution in [2.45, 2.75) is 0 Å². The van der Waals surface area contributed by atoms with E-state index in [1.165, 1.54) is 0 Å². The summed E-state index contributed by atoms with van der Waals surface area (Å²) in [6.45, 7) is 0. The number of nitrogen functional groups attached to an aromatic ring is 1. The van der Waals surface area contributed by atoms with Crippen LogP contribution in [0.2, 0.25) is 10.0 Å². The van der Waals surface area contributed by atoms with E-state index in [-0.39, 0.29) is 11.2 Å². The van der Waals surface area contributed by atoms with Gasteiger partial charge in [0.1, 0.15) is 0 Å². The van der Waals surface area contributed by atoms with Crippen LogP contribution < -0.4 is 11.3 Å². The topological polar surface area (TPSA) is 58.9 Å². The Balaban J connectivity index is 2.63. The lowest BCUT2D eigenvalue weighted by atomic mass is 10.1. The van der Waals surface area contributed by atoms with Gasteiger partial charge in [-0.2, -0.15) is 0 Å². The molecule has 0 amide bonds. The quantitative estimate of drug-likeness (QED) is 0.822. The summed E-state index contributed by atoms with van der Waals surface area (Å²) in [5.74, 6) is 0. The number of hydrogen-bond donors (Lipinski definition) is 2. The fourth-order valence-corrected chi connectivity index (χ4v) is 1.79. The van der Waals surface area contributed by atoms with Gasteiger partial charge >= 0.3 is 0 Å². The second-order valence-electron chi connectivity index (χ2n) is 3.27. The highest BCUT2D eigenvalue weighted by Crippen LogP contribution is 2.33. The minimum Gasteiger partial charge on any atom is -0.394 e. The number of anilines is 1. The van der Waals surface area contributed by atoms with Crippen molar-refractivity contribution in [1.29, 1.82) is 0 Å². The standard InChI is InChI=1S/C11H8Cl2N2O/c12-8-3-1-2-7(10(8)13)6-4-9(14)11(16)15-5-6/h1-5H,14H2,(H,15,16). The number of benzene rings is 1. The maximum atomic E-state index is 11.1. The van der Waals surface area contributed by atoms with Gasteiger partial charge in [0, 0.05) is 17.3 Å². The first kappa shape index (κ1) is 11.0. The van der Waals surface area contributed by atoms with Gasteiger partial charge in [-0.25, -0.2) is 0 Å². The monoisotopic (exact) mass is 254 g/mol. The third-order valence-electron chi connectivity index (χ3n) is 2.19. The Kier molecular flexibility index (Phi) is 2.90. The van der Waals surface area contributed by atoms with E-state index in [0.29, 0.717) is 10.0 Å². The molecule has 0 radical (unpaired) electrons. The molecule has 5 heteroatoms. The van der Waals surface area contributed by atoms with Crippen molar-refractivity contribution in [1.82, 2.24) is 4.98 Å². The molecular weight excluding hydrogens is 247 g/mol. The first-order chi connectivity index (χ1) is 7.59. The molecule has 0 atom stereocenters. The van der Waals surface area contributed by atoms with E-state index in [4.69, 9.17) is 28.9 Å². The number of nitrogens with two attached hydrogens (primary N) is 1. The lowest BCUT2D eigenvalue weighted by Crippen LogP contribution is -2.10. The molecule has 0 fully saturated rings. The van der Waals surface area contributed by atoms with Crippen molar-refractivity contribution in [3.05, 3.63) is 50.9 Å². The van der Waals surface area contributed by atoms with Gasteiger partial charge in [-0.05, 0) is 12.1 Å². The molecule has 0 aliphatic rings. The Labute approximate surface area is 102 Å². The van der Waals surface area contributed by atoms with Crippen molar-refractivity contribution in [2.75, 3.05) is 5.73 Å². The highest BCUT2D eigenvalue weighted by atomic mass is 35.5. The molecule has 0 saturated carbocycles. The maximum absolute atomic E-state index is 11.1. The highest BCUT2D eigenvalue weighted by molar-refractivity contribution is 6.43. The molecule has 2 rings (SSSR count). The highest BCUT2D eigenvalue weighted by Gasteiger charge is 2.07. The molecule has 3 N–H and O–H groups in total. The van der Waals surface area contributed by atoms with Crippen molar-refractivity contribution >= 4 is 28.9 Å². The van der Waals surface area contributed by atoms with E-state index in [9.17, 15) is 4.79 Å². The summed E-state index contributed by atoms with van der Waals surface area (Å²) in [7, 11) is 0. The van der Waals surface area contributed by atoms with Crippen molar-refractivity contribution in [3.63, 3.8) is 0 Å². The van der Waals surface area contributed by atoms with Crippen LogP contribution in [0.5, 0.6) is 0 Å². The van der Waals surface area contributed by atoms with Crippen LogP contribution in [0.1, 0.15) is 0 Å². The number of pyridine rings is 1. The predicted octanol–water partition coefficient (Wildman–Crippen LogP) is 2.93. The number of aromatic nitrogens is 1. The van der Waals surface area contributed by atoms with Gasteiger partial charge in [-0.1, -0.05) is 35.3 Å². The van der Waals surface area contributed by atoms with E-state index >= 15 is 0 Å². The Morgan fingerprint density at radius 2 is 2.00 bits per heavy atom. The Morgan fingerprint density at radius 3 is 2.69 bits per heavy atom. The minimum absolute atomic E-state index is 0.147.